The van der Waals surface area contributed by atoms with E-state index in [1.807, 2.05) is 27.7 Å². The number of rotatable bonds is 8. The van der Waals surface area contributed by atoms with Crippen LogP contribution in [0.1, 0.15) is 103 Å². The third-order valence-corrected chi connectivity index (χ3v) is 9.86. The minimum atomic E-state index is -0.186. The van der Waals surface area contributed by atoms with Crippen LogP contribution in [0.15, 0.2) is 97.1 Å². The summed E-state index contributed by atoms with van der Waals surface area (Å²) >= 11 is 0. The van der Waals surface area contributed by atoms with Crippen LogP contribution in [0.3, 0.4) is 0 Å². The molecule has 5 heteroatoms. The summed E-state index contributed by atoms with van der Waals surface area (Å²) in [5.41, 5.74) is 11.6. The summed E-state index contributed by atoms with van der Waals surface area (Å²) in [6.45, 7) is 11.3. The Bertz CT molecular complexity index is 2160. The van der Waals surface area contributed by atoms with Gasteiger partial charge in [0.2, 0.25) is 0 Å². The summed E-state index contributed by atoms with van der Waals surface area (Å²) in [7, 11) is 0. The van der Waals surface area contributed by atoms with Gasteiger partial charge < -0.3 is 15.0 Å². The molecule has 0 bridgehead atoms. The molecule has 3 aromatic heterocycles. The summed E-state index contributed by atoms with van der Waals surface area (Å²) in [4.78, 5) is 36.7. The molecule has 4 aromatic carbocycles. The number of nitrogens with one attached hydrogen (secondary N) is 3. The minimum absolute atomic E-state index is 0.0567. The number of aromatic nitrogens is 3. The van der Waals surface area contributed by atoms with Crippen molar-refractivity contribution in [3.63, 3.8) is 0 Å². The van der Waals surface area contributed by atoms with Crippen molar-refractivity contribution < 1.29 is 9.59 Å². The lowest BCUT2D eigenvalue weighted by molar-refractivity contribution is 0.100. The molecule has 0 amide bonds. The maximum absolute atomic E-state index is 12.8. The van der Waals surface area contributed by atoms with Gasteiger partial charge in [0, 0.05) is 45.3 Å². The number of H-pyrrole nitrogens is 3. The molecule has 47 heavy (non-hydrogen) atoms. The molecular formula is C42H39N3O2. The quantitative estimate of drug-likeness (QED) is 0.148. The first-order valence-corrected chi connectivity index (χ1v) is 16.2. The number of carbonyl (C=O) groups is 2. The summed E-state index contributed by atoms with van der Waals surface area (Å²) in [5.74, 6) is -0.259. The van der Waals surface area contributed by atoms with E-state index in [-0.39, 0.29) is 23.4 Å². The van der Waals surface area contributed by atoms with Crippen molar-refractivity contribution >= 4 is 33.1 Å². The SMILES string of the molecule is CC(=O)c1c(C)[nH]c(C(c2ccc(C(c3[nH]c(C)c(C(C)=O)c3C)c3cccc4ccccc34)[nH]2)c2cccc3ccccc23)c1C. The smallest absolute Gasteiger partial charge is 0.161 e. The first-order chi connectivity index (χ1) is 22.7. The van der Waals surface area contributed by atoms with Gasteiger partial charge in [0.15, 0.2) is 11.6 Å². The van der Waals surface area contributed by atoms with Crippen LogP contribution in [0, 0.1) is 27.7 Å². The molecule has 3 heterocycles. The number of hydrogen-bond acceptors (Lipinski definition) is 2. The van der Waals surface area contributed by atoms with E-state index in [0.717, 1.165) is 78.3 Å². The van der Waals surface area contributed by atoms with Gasteiger partial charge in [0.1, 0.15) is 0 Å². The largest absolute Gasteiger partial charge is 0.361 e. The van der Waals surface area contributed by atoms with E-state index in [4.69, 9.17) is 0 Å². The highest BCUT2D eigenvalue weighted by molar-refractivity contribution is 5.98. The van der Waals surface area contributed by atoms with Crippen LogP contribution in [0.5, 0.6) is 0 Å². The lowest BCUT2D eigenvalue weighted by Gasteiger charge is -2.21. The van der Waals surface area contributed by atoms with Gasteiger partial charge in [-0.3, -0.25) is 9.59 Å². The number of carbonyl (C=O) groups excluding carboxylic acids is 2. The summed E-state index contributed by atoms with van der Waals surface area (Å²) in [5, 5.41) is 4.66. The van der Waals surface area contributed by atoms with Gasteiger partial charge in [-0.15, -0.1) is 0 Å². The van der Waals surface area contributed by atoms with Gasteiger partial charge in [-0.1, -0.05) is 84.9 Å². The molecule has 2 atom stereocenters. The first-order valence-electron chi connectivity index (χ1n) is 16.2. The molecule has 0 saturated carbocycles. The van der Waals surface area contributed by atoms with Gasteiger partial charge in [0.25, 0.3) is 0 Å². The van der Waals surface area contributed by atoms with E-state index in [1.54, 1.807) is 13.8 Å². The van der Waals surface area contributed by atoms with Crippen molar-refractivity contribution in [2.24, 2.45) is 0 Å². The zero-order valence-corrected chi connectivity index (χ0v) is 27.7. The Morgan fingerprint density at radius 2 is 0.872 bits per heavy atom. The van der Waals surface area contributed by atoms with Gasteiger partial charge in [-0.05, 0) is 97.5 Å². The second kappa shape index (κ2) is 11.7. The van der Waals surface area contributed by atoms with E-state index in [0.29, 0.717) is 0 Å². The van der Waals surface area contributed by atoms with Crippen LogP contribution < -0.4 is 0 Å². The molecule has 0 radical (unpaired) electrons. The maximum Gasteiger partial charge on any atom is 0.161 e. The second-order valence-corrected chi connectivity index (χ2v) is 12.8. The molecule has 234 valence electrons. The normalized spacial score (nSPS) is 12.9. The highest BCUT2D eigenvalue weighted by atomic mass is 16.1. The molecule has 0 aliphatic rings. The molecule has 5 nitrogen and oxygen atoms in total. The van der Waals surface area contributed by atoms with Gasteiger partial charge in [-0.25, -0.2) is 0 Å². The molecule has 7 rings (SSSR count). The molecule has 0 aliphatic carbocycles. The average molecular weight is 618 g/mol. The van der Waals surface area contributed by atoms with Crippen molar-refractivity contribution in [1.29, 1.82) is 0 Å². The number of benzene rings is 4. The van der Waals surface area contributed by atoms with Crippen LogP contribution in [0.25, 0.3) is 21.5 Å². The number of hydrogen-bond donors (Lipinski definition) is 3. The summed E-state index contributed by atoms with van der Waals surface area (Å²) in [6, 6.07) is 34.2. The van der Waals surface area contributed by atoms with Crippen molar-refractivity contribution in [3.8, 4) is 0 Å². The van der Waals surface area contributed by atoms with Gasteiger partial charge in [0.05, 0.1) is 11.8 Å². The molecule has 0 aliphatic heterocycles. The Kier molecular flexibility index (Phi) is 7.56. The lowest BCUT2D eigenvalue weighted by Crippen LogP contribution is -2.10. The van der Waals surface area contributed by atoms with Crippen LogP contribution in [-0.2, 0) is 0 Å². The Balaban J connectivity index is 1.49. The predicted molar refractivity (Wildman–Crippen MR) is 191 cm³/mol. The number of fused-ring (bicyclic) bond motifs is 2. The Morgan fingerprint density at radius 3 is 1.26 bits per heavy atom. The van der Waals surface area contributed by atoms with Crippen molar-refractivity contribution in [2.75, 3.05) is 0 Å². The molecule has 3 N–H and O–H groups in total. The van der Waals surface area contributed by atoms with Crippen LogP contribution in [0.2, 0.25) is 0 Å². The monoisotopic (exact) mass is 617 g/mol. The van der Waals surface area contributed by atoms with E-state index in [9.17, 15) is 9.59 Å². The molecular weight excluding hydrogens is 578 g/mol. The third-order valence-electron chi connectivity index (χ3n) is 9.86. The van der Waals surface area contributed by atoms with E-state index >= 15 is 0 Å². The number of aromatic amines is 3. The van der Waals surface area contributed by atoms with Crippen molar-refractivity contribution in [3.05, 3.63) is 165 Å². The maximum atomic E-state index is 12.8. The molecule has 2 unspecified atom stereocenters. The van der Waals surface area contributed by atoms with Gasteiger partial charge >= 0.3 is 0 Å². The van der Waals surface area contributed by atoms with Crippen molar-refractivity contribution in [1.82, 2.24) is 15.0 Å². The molecule has 0 saturated heterocycles. The Labute approximate surface area is 275 Å². The van der Waals surface area contributed by atoms with Crippen molar-refractivity contribution in [2.45, 2.75) is 53.4 Å². The molecule has 0 fully saturated rings. The third kappa shape index (κ3) is 5.03. The summed E-state index contributed by atoms with van der Waals surface area (Å²) in [6.07, 6.45) is 0. The topological polar surface area (TPSA) is 81.5 Å². The van der Waals surface area contributed by atoms with E-state index in [2.05, 4.69) is 112 Å². The van der Waals surface area contributed by atoms with Crippen LogP contribution >= 0.6 is 0 Å². The Morgan fingerprint density at radius 1 is 0.489 bits per heavy atom. The van der Waals surface area contributed by atoms with Gasteiger partial charge in [-0.2, -0.15) is 0 Å². The number of aryl methyl sites for hydroxylation is 2. The number of ketones is 2. The highest BCUT2D eigenvalue weighted by Gasteiger charge is 2.30. The highest BCUT2D eigenvalue weighted by Crippen LogP contribution is 2.42. The average Bonchev–Trinajstić information content (AvgIpc) is 3.73. The van der Waals surface area contributed by atoms with E-state index < -0.39 is 0 Å². The fourth-order valence-electron chi connectivity index (χ4n) is 7.91. The zero-order chi connectivity index (χ0) is 33.0. The number of Topliss-reactive ketones (excluding diaryl/α,β-unsaturated/α-hetero) is 2. The minimum Gasteiger partial charge on any atom is -0.361 e. The molecule has 7 aromatic rings. The fourth-order valence-corrected chi connectivity index (χ4v) is 7.91. The summed E-state index contributed by atoms with van der Waals surface area (Å²) < 4.78 is 0. The lowest BCUT2D eigenvalue weighted by atomic mass is 9.86. The second-order valence-electron chi connectivity index (χ2n) is 12.8. The Hall–Kier alpha value is -5.42. The van der Waals surface area contributed by atoms with Crippen LogP contribution in [-0.4, -0.2) is 26.5 Å². The van der Waals surface area contributed by atoms with Crippen LogP contribution in [0.4, 0.5) is 0 Å². The zero-order valence-electron chi connectivity index (χ0n) is 27.7. The first kappa shape index (κ1) is 30.2. The van der Waals surface area contributed by atoms with E-state index in [1.165, 1.54) is 10.8 Å². The standard InChI is InChI=1S/C42H39N3O2/c1-23-37(27(5)46)25(3)43-41(23)39(33-19-11-15-29-13-7-9-17-31(29)33)35-21-22-36(45-35)40(42-24(2)38(28(6)47)26(4)44-42)34-20-12-16-30-14-8-10-18-32(30)34/h7-22,39-40,43-45H,1-6H3. The fraction of sp³-hybridized carbons (Fsp3) is 0.190. The molecule has 0 spiro atoms. The predicted octanol–water partition coefficient (Wildman–Crippen LogP) is 9.98.